The number of nitrogens with two attached hydrogens (primary N) is 1. The van der Waals surface area contributed by atoms with Crippen LogP contribution < -0.4 is 15.9 Å². The van der Waals surface area contributed by atoms with E-state index in [0.717, 1.165) is 0 Å². The zero-order chi connectivity index (χ0) is 15.8. The lowest BCUT2D eigenvalue weighted by Gasteiger charge is -2.05. The van der Waals surface area contributed by atoms with Crippen molar-refractivity contribution in [3.63, 3.8) is 0 Å². The first-order chi connectivity index (χ1) is 10.7. The fourth-order valence-corrected chi connectivity index (χ4v) is 1.75. The van der Waals surface area contributed by atoms with E-state index in [1.54, 1.807) is 48.5 Å². The van der Waals surface area contributed by atoms with Crippen molar-refractivity contribution in [3.05, 3.63) is 59.7 Å². The van der Waals surface area contributed by atoms with E-state index in [1.165, 1.54) is 6.21 Å². The molecular formula is C16H14N4O2. The van der Waals surface area contributed by atoms with Crippen molar-refractivity contribution >= 4 is 17.8 Å². The summed E-state index contributed by atoms with van der Waals surface area (Å²) in [6.45, 7) is -0.0578. The van der Waals surface area contributed by atoms with Crippen molar-refractivity contribution in [1.29, 1.82) is 5.26 Å². The molecule has 2 aromatic carbocycles. The molecule has 3 N–H and O–H groups in total. The Morgan fingerprint density at radius 3 is 2.77 bits per heavy atom. The number of anilines is 1. The molecule has 22 heavy (non-hydrogen) atoms. The number of benzene rings is 2. The highest BCUT2D eigenvalue weighted by Crippen LogP contribution is 2.15. The van der Waals surface area contributed by atoms with Gasteiger partial charge in [0.05, 0.1) is 11.8 Å². The third-order valence-electron chi connectivity index (χ3n) is 2.79. The molecule has 1 amide bonds. The summed E-state index contributed by atoms with van der Waals surface area (Å²) in [5.74, 6) is 0.117. The maximum atomic E-state index is 11.9. The summed E-state index contributed by atoms with van der Waals surface area (Å²) in [5, 5.41) is 12.4. The van der Waals surface area contributed by atoms with Gasteiger partial charge in [0.1, 0.15) is 11.8 Å². The van der Waals surface area contributed by atoms with E-state index in [0.29, 0.717) is 22.6 Å². The minimum Gasteiger partial charge on any atom is -0.478 e. The number of nitrogens with one attached hydrogen (secondary N) is 1. The van der Waals surface area contributed by atoms with E-state index in [-0.39, 0.29) is 6.61 Å². The van der Waals surface area contributed by atoms with Gasteiger partial charge in [-0.2, -0.15) is 10.4 Å². The van der Waals surface area contributed by atoms with Crippen molar-refractivity contribution in [2.45, 2.75) is 0 Å². The van der Waals surface area contributed by atoms with Gasteiger partial charge in [-0.3, -0.25) is 4.79 Å². The number of carbonyl (C=O) groups is 1. The molecule has 0 heterocycles. The first-order valence-corrected chi connectivity index (χ1v) is 6.49. The molecule has 0 aliphatic rings. The molecule has 110 valence electrons. The number of amides is 1. The maximum Gasteiger partial charge on any atom is 0.273 e. The van der Waals surface area contributed by atoms with Crippen LogP contribution in [0.25, 0.3) is 0 Å². The lowest BCUT2D eigenvalue weighted by atomic mass is 10.2. The van der Waals surface area contributed by atoms with E-state index in [2.05, 4.69) is 10.5 Å². The molecule has 0 aliphatic heterocycles. The average Bonchev–Trinajstić information content (AvgIpc) is 2.54. The summed E-state index contributed by atoms with van der Waals surface area (Å²) in [6, 6.07) is 15.7. The molecule has 0 bridgehead atoms. The second kappa shape index (κ2) is 7.45. The van der Waals surface area contributed by atoms with Gasteiger partial charge < -0.3 is 10.5 Å². The van der Waals surface area contributed by atoms with Crippen LogP contribution in [0.15, 0.2) is 53.6 Å². The van der Waals surface area contributed by atoms with Gasteiger partial charge in [-0.15, -0.1) is 0 Å². The van der Waals surface area contributed by atoms with E-state index in [4.69, 9.17) is 15.7 Å². The highest BCUT2D eigenvalue weighted by molar-refractivity contribution is 5.99. The van der Waals surface area contributed by atoms with Crippen LogP contribution in [0.4, 0.5) is 5.69 Å². The minimum absolute atomic E-state index is 0.0578. The van der Waals surface area contributed by atoms with Crippen LogP contribution in [0.1, 0.15) is 15.9 Å². The Morgan fingerprint density at radius 1 is 1.27 bits per heavy atom. The molecule has 0 unspecified atom stereocenters. The number of hydrogen-bond acceptors (Lipinski definition) is 5. The highest BCUT2D eigenvalue weighted by Gasteiger charge is 2.07. The molecule has 0 saturated carbocycles. The number of para-hydroxylation sites is 2. The lowest BCUT2D eigenvalue weighted by molar-refractivity contribution is 0.0956. The molecule has 0 radical (unpaired) electrons. The SMILES string of the molecule is N#CCOc1ccccc1/C=N\NC(=O)c1ccccc1N. The molecule has 0 spiro atoms. The zero-order valence-corrected chi connectivity index (χ0v) is 11.7. The first kappa shape index (κ1) is 15.1. The Balaban J connectivity index is 2.06. The summed E-state index contributed by atoms with van der Waals surface area (Å²) >= 11 is 0. The van der Waals surface area contributed by atoms with Crippen LogP contribution in [-0.4, -0.2) is 18.7 Å². The number of rotatable bonds is 5. The molecule has 0 fully saturated rings. The van der Waals surface area contributed by atoms with Gasteiger partial charge >= 0.3 is 0 Å². The number of carbonyl (C=O) groups excluding carboxylic acids is 1. The van der Waals surface area contributed by atoms with Gasteiger partial charge in [0.15, 0.2) is 6.61 Å². The molecule has 6 nitrogen and oxygen atoms in total. The second-order valence-corrected chi connectivity index (χ2v) is 4.27. The minimum atomic E-state index is -0.398. The summed E-state index contributed by atoms with van der Waals surface area (Å²) in [5.41, 5.74) is 9.51. The summed E-state index contributed by atoms with van der Waals surface area (Å²) in [7, 11) is 0. The van der Waals surface area contributed by atoms with Crippen molar-refractivity contribution < 1.29 is 9.53 Å². The topological polar surface area (TPSA) is 100 Å². The van der Waals surface area contributed by atoms with Gasteiger partial charge in [0, 0.05) is 11.3 Å². The number of hydrazone groups is 1. The third-order valence-corrected chi connectivity index (χ3v) is 2.79. The van der Waals surface area contributed by atoms with E-state index in [9.17, 15) is 4.79 Å². The second-order valence-electron chi connectivity index (χ2n) is 4.27. The van der Waals surface area contributed by atoms with Crippen molar-refractivity contribution in [2.75, 3.05) is 12.3 Å². The quantitative estimate of drug-likeness (QED) is 0.500. The van der Waals surface area contributed by atoms with Crippen LogP contribution in [0.5, 0.6) is 5.75 Å². The number of nitrogen functional groups attached to an aromatic ring is 1. The lowest BCUT2D eigenvalue weighted by Crippen LogP contribution is -2.19. The molecule has 2 aromatic rings. The van der Waals surface area contributed by atoms with E-state index < -0.39 is 5.91 Å². The Labute approximate surface area is 127 Å². The predicted octanol–water partition coefficient (Wildman–Crippen LogP) is 1.94. The normalized spacial score (nSPS) is 10.1. The standard InChI is InChI=1S/C16H14N4O2/c17-9-10-22-15-8-4-1-5-12(15)11-19-20-16(21)13-6-2-3-7-14(13)18/h1-8,11H,10,18H2,(H,20,21)/b19-11-. The number of ether oxygens (including phenoxy) is 1. The Morgan fingerprint density at radius 2 is 2.00 bits per heavy atom. The number of nitriles is 1. The van der Waals surface area contributed by atoms with Crippen LogP contribution in [0.2, 0.25) is 0 Å². The summed E-state index contributed by atoms with van der Waals surface area (Å²) in [6.07, 6.45) is 1.45. The number of hydrogen-bond donors (Lipinski definition) is 2. The van der Waals surface area contributed by atoms with Gasteiger partial charge in [-0.1, -0.05) is 24.3 Å². The fraction of sp³-hybridized carbons (Fsp3) is 0.0625. The van der Waals surface area contributed by atoms with Crippen LogP contribution in [0.3, 0.4) is 0 Å². The Bertz CT molecular complexity index is 735. The van der Waals surface area contributed by atoms with E-state index in [1.807, 2.05) is 6.07 Å². The molecule has 6 heteroatoms. The summed E-state index contributed by atoms with van der Waals surface area (Å²) < 4.78 is 5.26. The summed E-state index contributed by atoms with van der Waals surface area (Å²) in [4.78, 5) is 11.9. The highest BCUT2D eigenvalue weighted by atomic mass is 16.5. The van der Waals surface area contributed by atoms with E-state index >= 15 is 0 Å². The predicted molar refractivity (Wildman–Crippen MR) is 83.5 cm³/mol. The molecule has 0 saturated heterocycles. The van der Waals surface area contributed by atoms with Gasteiger partial charge in [-0.25, -0.2) is 5.43 Å². The molecule has 2 rings (SSSR count). The molecule has 0 aromatic heterocycles. The van der Waals surface area contributed by atoms with Gasteiger partial charge in [0.2, 0.25) is 0 Å². The zero-order valence-electron chi connectivity index (χ0n) is 11.7. The molecule has 0 atom stereocenters. The van der Waals surface area contributed by atoms with Crippen LogP contribution in [0, 0.1) is 11.3 Å². The third kappa shape index (κ3) is 3.84. The smallest absolute Gasteiger partial charge is 0.273 e. The first-order valence-electron chi connectivity index (χ1n) is 6.49. The van der Waals surface area contributed by atoms with Crippen molar-refractivity contribution in [3.8, 4) is 11.8 Å². The molecule has 0 aliphatic carbocycles. The number of nitrogens with zero attached hydrogens (tertiary/aromatic N) is 2. The largest absolute Gasteiger partial charge is 0.478 e. The fourth-order valence-electron chi connectivity index (χ4n) is 1.75. The van der Waals surface area contributed by atoms with Crippen LogP contribution >= 0.6 is 0 Å². The molecular weight excluding hydrogens is 280 g/mol. The van der Waals surface area contributed by atoms with Crippen molar-refractivity contribution in [2.24, 2.45) is 5.10 Å². The van der Waals surface area contributed by atoms with Crippen LogP contribution in [-0.2, 0) is 0 Å². The monoisotopic (exact) mass is 294 g/mol. The van der Waals surface area contributed by atoms with Gasteiger partial charge in [-0.05, 0) is 24.3 Å². The average molecular weight is 294 g/mol. The van der Waals surface area contributed by atoms with Crippen molar-refractivity contribution in [1.82, 2.24) is 5.43 Å². The Hall–Kier alpha value is -3.33. The van der Waals surface area contributed by atoms with Gasteiger partial charge in [0.25, 0.3) is 5.91 Å². The maximum absolute atomic E-state index is 11.9. The Kier molecular flexibility index (Phi) is 5.10.